The van der Waals surface area contributed by atoms with Crippen molar-refractivity contribution >= 4 is 23.4 Å². The number of hydrogen-bond acceptors (Lipinski definition) is 4. The van der Waals surface area contributed by atoms with Crippen molar-refractivity contribution in [2.75, 3.05) is 18.1 Å². The third-order valence-corrected chi connectivity index (χ3v) is 2.85. The summed E-state index contributed by atoms with van der Waals surface area (Å²) < 4.78 is 17.8. The molecule has 3 nitrogen and oxygen atoms in total. The second kappa shape index (κ2) is 6.37. The minimum absolute atomic E-state index is 0.134. The van der Waals surface area contributed by atoms with Crippen LogP contribution in [-0.4, -0.2) is 18.3 Å². The number of nitrogens with two attached hydrogens (primary N) is 1. The lowest BCUT2D eigenvalue weighted by Crippen LogP contribution is -2.04. The molecule has 0 saturated heterocycles. The van der Waals surface area contributed by atoms with Crippen molar-refractivity contribution in [2.24, 2.45) is 0 Å². The Kier molecular flexibility index (Phi) is 5.11. The molecule has 0 unspecified atom stereocenters. The average Bonchev–Trinajstić information content (AvgIpc) is 2.24. The molecule has 16 heavy (non-hydrogen) atoms. The fourth-order valence-corrected chi connectivity index (χ4v) is 1.94. The van der Waals surface area contributed by atoms with E-state index in [4.69, 9.17) is 10.5 Å². The highest BCUT2D eigenvalue weighted by Gasteiger charge is 2.04. The first-order chi connectivity index (χ1) is 7.63. The van der Waals surface area contributed by atoms with Crippen molar-refractivity contribution in [1.82, 2.24) is 0 Å². The van der Waals surface area contributed by atoms with E-state index in [2.05, 4.69) is 0 Å². The zero-order valence-corrected chi connectivity index (χ0v) is 9.85. The number of nitrogen functional groups attached to an aromatic ring is 1. The Labute approximate surface area is 98.2 Å². The van der Waals surface area contributed by atoms with Crippen LogP contribution in [0.1, 0.15) is 13.3 Å². The van der Waals surface area contributed by atoms with Crippen LogP contribution in [0.15, 0.2) is 23.1 Å². The maximum absolute atomic E-state index is 13.1. The van der Waals surface area contributed by atoms with Crippen molar-refractivity contribution in [3.05, 3.63) is 24.0 Å². The lowest BCUT2D eigenvalue weighted by molar-refractivity contribution is -0.142. The second-order valence-corrected chi connectivity index (χ2v) is 4.26. The van der Waals surface area contributed by atoms with Crippen molar-refractivity contribution in [2.45, 2.75) is 18.2 Å². The monoisotopic (exact) mass is 243 g/mol. The molecule has 1 aromatic carbocycles. The minimum atomic E-state index is -0.430. The van der Waals surface area contributed by atoms with E-state index in [0.717, 1.165) is 4.90 Å². The molecule has 2 N–H and O–H groups in total. The summed E-state index contributed by atoms with van der Waals surface area (Å²) in [6.07, 6.45) is 0.324. The Morgan fingerprint density at radius 2 is 2.31 bits per heavy atom. The van der Waals surface area contributed by atoms with Crippen LogP contribution in [0.2, 0.25) is 0 Å². The average molecular weight is 243 g/mol. The molecule has 0 aliphatic heterocycles. The van der Waals surface area contributed by atoms with Crippen LogP contribution in [0.25, 0.3) is 0 Å². The Hall–Kier alpha value is -1.23. The molecule has 0 atom stereocenters. The lowest BCUT2D eigenvalue weighted by Gasteiger charge is -2.03. The van der Waals surface area contributed by atoms with Gasteiger partial charge < -0.3 is 10.5 Å². The SMILES string of the molecule is CCOC(=O)CCSc1ccc(N)c(F)c1. The van der Waals surface area contributed by atoms with Gasteiger partial charge in [-0.25, -0.2) is 4.39 Å². The van der Waals surface area contributed by atoms with Crippen molar-refractivity contribution < 1.29 is 13.9 Å². The second-order valence-electron chi connectivity index (χ2n) is 3.09. The molecule has 0 heterocycles. The summed E-state index contributed by atoms with van der Waals surface area (Å²) in [4.78, 5) is 11.8. The first-order valence-corrected chi connectivity index (χ1v) is 5.95. The predicted octanol–water partition coefficient (Wildman–Crippen LogP) is 2.45. The fraction of sp³-hybridized carbons (Fsp3) is 0.364. The van der Waals surface area contributed by atoms with E-state index in [9.17, 15) is 9.18 Å². The molecule has 1 rings (SSSR count). The summed E-state index contributed by atoms with van der Waals surface area (Å²) in [6, 6.07) is 4.61. The number of ether oxygens (including phenoxy) is 1. The molecule has 0 radical (unpaired) electrons. The van der Waals surface area contributed by atoms with E-state index in [0.29, 0.717) is 18.8 Å². The number of benzene rings is 1. The standard InChI is InChI=1S/C11H14FNO2S/c1-2-15-11(14)5-6-16-8-3-4-10(13)9(12)7-8/h3-4,7H,2,5-6,13H2,1H3. The van der Waals surface area contributed by atoms with Crippen LogP contribution >= 0.6 is 11.8 Å². The van der Waals surface area contributed by atoms with Gasteiger partial charge in [-0.3, -0.25) is 4.79 Å². The molecule has 0 spiro atoms. The van der Waals surface area contributed by atoms with E-state index < -0.39 is 5.82 Å². The van der Waals surface area contributed by atoms with Gasteiger partial charge >= 0.3 is 5.97 Å². The molecule has 0 saturated carbocycles. The normalized spacial score (nSPS) is 10.1. The van der Waals surface area contributed by atoms with Gasteiger partial charge in [0, 0.05) is 10.6 Å². The summed E-state index contributed by atoms with van der Waals surface area (Å²) in [7, 11) is 0. The Morgan fingerprint density at radius 3 is 2.94 bits per heavy atom. The third kappa shape index (κ3) is 4.10. The van der Waals surface area contributed by atoms with Gasteiger partial charge in [-0.2, -0.15) is 0 Å². The van der Waals surface area contributed by atoms with Crippen LogP contribution in [-0.2, 0) is 9.53 Å². The summed E-state index contributed by atoms with van der Waals surface area (Å²) >= 11 is 1.40. The molecule has 1 aromatic rings. The van der Waals surface area contributed by atoms with Crippen molar-refractivity contribution in [3.63, 3.8) is 0 Å². The largest absolute Gasteiger partial charge is 0.466 e. The molecule has 5 heteroatoms. The van der Waals surface area contributed by atoms with Crippen LogP contribution in [0, 0.1) is 5.82 Å². The van der Waals surface area contributed by atoms with E-state index in [1.807, 2.05) is 0 Å². The highest BCUT2D eigenvalue weighted by atomic mass is 32.2. The molecule has 0 bridgehead atoms. The maximum atomic E-state index is 13.1. The van der Waals surface area contributed by atoms with Crippen LogP contribution in [0.3, 0.4) is 0 Å². The number of hydrogen-bond donors (Lipinski definition) is 1. The highest BCUT2D eigenvalue weighted by molar-refractivity contribution is 7.99. The molecular weight excluding hydrogens is 229 g/mol. The topological polar surface area (TPSA) is 52.3 Å². The van der Waals surface area contributed by atoms with Gasteiger partial charge in [0.1, 0.15) is 5.82 Å². The van der Waals surface area contributed by atoms with Gasteiger partial charge in [0.25, 0.3) is 0 Å². The number of anilines is 1. The molecule has 0 amide bonds. The van der Waals surface area contributed by atoms with Gasteiger partial charge in [-0.05, 0) is 25.1 Å². The zero-order valence-electron chi connectivity index (χ0n) is 9.03. The third-order valence-electron chi connectivity index (χ3n) is 1.85. The van der Waals surface area contributed by atoms with Gasteiger partial charge in [0.05, 0.1) is 18.7 Å². The first kappa shape index (κ1) is 12.8. The first-order valence-electron chi connectivity index (χ1n) is 4.97. The Balaban J connectivity index is 2.37. The van der Waals surface area contributed by atoms with Crippen molar-refractivity contribution in [3.8, 4) is 0 Å². The Bertz CT molecular complexity index is 371. The van der Waals surface area contributed by atoms with Gasteiger partial charge in [0.15, 0.2) is 0 Å². The highest BCUT2D eigenvalue weighted by Crippen LogP contribution is 2.22. The molecule has 0 aromatic heterocycles. The van der Waals surface area contributed by atoms with Gasteiger partial charge in [-0.1, -0.05) is 0 Å². The number of rotatable bonds is 5. The van der Waals surface area contributed by atoms with Gasteiger partial charge in [0.2, 0.25) is 0 Å². The molecule has 0 aliphatic rings. The zero-order chi connectivity index (χ0) is 12.0. The Morgan fingerprint density at radius 1 is 1.56 bits per heavy atom. The summed E-state index contributed by atoms with van der Waals surface area (Å²) in [5, 5.41) is 0. The lowest BCUT2D eigenvalue weighted by atomic mass is 10.3. The molecule has 0 aliphatic carbocycles. The number of carbonyl (C=O) groups excluding carboxylic acids is 1. The summed E-state index contributed by atoms with van der Waals surface area (Å²) in [5.74, 6) is -0.0885. The number of thioether (sulfide) groups is 1. The van der Waals surface area contributed by atoms with E-state index >= 15 is 0 Å². The quantitative estimate of drug-likeness (QED) is 0.490. The van der Waals surface area contributed by atoms with Crippen LogP contribution in [0.5, 0.6) is 0 Å². The predicted molar refractivity (Wildman–Crippen MR) is 62.8 cm³/mol. The summed E-state index contributed by atoms with van der Waals surface area (Å²) in [6.45, 7) is 2.15. The van der Waals surface area contributed by atoms with E-state index in [-0.39, 0.29) is 11.7 Å². The maximum Gasteiger partial charge on any atom is 0.306 e. The number of halogens is 1. The molecular formula is C11H14FNO2S. The van der Waals surface area contributed by atoms with Crippen LogP contribution in [0.4, 0.5) is 10.1 Å². The van der Waals surface area contributed by atoms with Crippen LogP contribution < -0.4 is 5.73 Å². The number of esters is 1. The summed E-state index contributed by atoms with van der Waals surface area (Å²) in [5.41, 5.74) is 5.48. The smallest absolute Gasteiger partial charge is 0.306 e. The molecule has 88 valence electrons. The van der Waals surface area contributed by atoms with E-state index in [1.54, 1.807) is 13.0 Å². The van der Waals surface area contributed by atoms with E-state index in [1.165, 1.54) is 23.9 Å². The minimum Gasteiger partial charge on any atom is -0.466 e. The molecule has 0 fully saturated rings. The number of carbonyl (C=O) groups is 1. The fourth-order valence-electron chi connectivity index (χ4n) is 1.08. The van der Waals surface area contributed by atoms with Gasteiger partial charge in [-0.15, -0.1) is 11.8 Å². The van der Waals surface area contributed by atoms with Crippen molar-refractivity contribution in [1.29, 1.82) is 0 Å².